The van der Waals surface area contributed by atoms with Gasteiger partial charge in [-0.1, -0.05) is 41.9 Å². The van der Waals surface area contributed by atoms with Crippen LogP contribution in [0.1, 0.15) is 30.6 Å². The summed E-state index contributed by atoms with van der Waals surface area (Å²) in [6, 6.07) is 7.71. The number of hydrazine groups is 1. The summed E-state index contributed by atoms with van der Waals surface area (Å²) in [5, 5.41) is 8.78. The van der Waals surface area contributed by atoms with Crippen molar-refractivity contribution >= 4 is 11.6 Å². The summed E-state index contributed by atoms with van der Waals surface area (Å²) in [5.74, 6) is 5.66. The fourth-order valence-electron chi connectivity index (χ4n) is 2.05. The molecular weight excluding hydrogens is 262 g/mol. The number of hydrogen-bond donors (Lipinski definition) is 2. The van der Waals surface area contributed by atoms with E-state index in [9.17, 15) is 0 Å². The Balaban J connectivity index is 2.20. The fourth-order valence-corrected chi connectivity index (χ4v) is 2.27. The Morgan fingerprint density at radius 3 is 2.89 bits per heavy atom. The Hall–Kier alpha value is -1.43. The molecule has 0 aliphatic rings. The number of hydrogen-bond acceptors (Lipinski definition) is 4. The lowest BCUT2D eigenvalue weighted by molar-refractivity contribution is 0.474. The van der Waals surface area contributed by atoms with Gasteiger partial charge in [-0.3, -0.25) is 11.3 Å². The number of nitrogens with one attached hydrogen (secondary N) is 1. The van der Waals surface area contributed by atoms with Crippen LogP contribution in [-0.2, 0) is 13.0 Å². The average molecular weight is 280 g/mol. The molecule has 5 nitrogen and oxygen atoms in total. The quantitative estimate of drug-likeness (QED) is 0.628. The molecule has 2 aromatic rings. The van der Waals surface area contributed by atoms with Gasteiger partial charge in [0.05, 0.1) is 17.9 Å². The predicted molar refractivity (Wildman–Crippen MR) is 75.5 cm³/mol. The Labute approximate surface area is 117 Å². The summed E-state index contributed by atoms with van der Waals surface area (Å²) in [7, 11) is 0. The molecule has 6 heteroatoms. The molecule has 1 unspecified atom stereocenters. The largest absolute Gasteiger partial charge is 0.271 e. The van der Waals surface area contributed by atoms with E-state index < -0.39 is 0 Å². The van der Waals surface area contributed by atoms with Crippen LogP contribution in [0.2, 0.25) is 5.02 Å². The van der Waals surface area contributed by atoms with Gasteiger partial charge in [0.25, 0.3) is 0 Å². The van der Waals surface area contributed by atoms with E-state index >= 15 is 0 Å². The lowest BCUT2D eigenvalue weighted by atomic mass is 10.0. The number of aromatic nitrogens is 3. The van der Waals surface area contributed by atoms with Crippen LogP contribution in [0.15, 0.2) is 30.5 Å². The SMILES string of the molecule is CCCn1nncc1C(Cc1ccccc1Cl)NN. The van der Waals surface area contributed by atoms with Gasteiger partial charge in [-0.25, -0.2) is 4.68 Å². The van der Waals surface area contributed by atoms with Crippen molar-refractivity contribution in [3.8, 4) is 0 Å². The lowest BCUT2D eigenvalue weighted by Gasteiger charge is -2.17. The van der Waals surface area contributed by atoms with E-state index in [1.54, 1.807) is 6.20 Å². The number of rotatable bonds is 6. The highest BCUT2D eigenvalue weighted by Crippen LogP contribution is 2.22. The monoisotopic (exact) mass is 279 g/mol. The molecule has 0 spiro atoms. The summed E-state index contributed by atoms with van der Waals surface area (Å²) in [5.41, 5.74) is 4.85. The van der Waals surface area contributed by atoms with Crippen molar-refractivity contribution in [2.45, 2.75) is 32.4 Å². The zero-order valence-corrected chi connectivity index (χ0v) is 11.6. The van der Waals surface area contributed by atoms with Gasteiger partial charge in [-0.2, -0.15) is 0 Å². The number of halogens is 1. The third-order valence-electron chi connectivity index (χ3n) is 3.02. The van der Waals surface area contributed by atoms with E-state index in [0.717, 1.165) is 29.2 Å². The molecule has 0 radical (unpaired) electrons. The summed E-state index contributed by atoms with van der Waals surface area (Å²) in [6.45, 7) is 2.93. The molecule has 19 heavy (non-hydrogen) atoms. The third-order valence-corrected chi connectivity index (χ3v) is 3.39. The highest BCUT2D eigenvalue weighted by Gasteiger charge is 2.17. The van der Waals surface area contributed by atoms with Crippen LogP contribution in [0.3, 0.4) is 0 Å². The van der Waals surface area contributed by atoms with Crippen LogP contribution in [-0.4, -0.2) is 15.0 Å². The number of aryl methyl sites for hydroxylation is 1. The highest BCUT2D eigenvalue weighted by atomic mass is 35.5. The van der Waals surface area contributed by atoms with Gasteiger partial charge < -0.3 is 0 Å². The number of nitrogens with zero attached hydrogens (tertiary/aromatic N) is 3. The van der Waals surface area contributed by atoms with Crippen LogP contribution < -0.4 is 11.3 Å². The topological polar surface area (TPSA) is 68.8 Å². The molecule has 0 saturated carbocycles. The minimum atomic E-state index is -0.0542. The third kappa shape index (κ3) is 3.32. The molecule has 0 amide bonds. The minimum absolute atomic E-state index is 0.0542. The molecule has 0 fully saturated rings. The van der Waals surface area contributed by atoms with Crippen LogP contribution >= 0.6 is 11.6 Å². The second kappa shape index (κ2) is 6.65. The zero-order valence-electron chi connectivity index (χ0n) is 10.9. The summed E-state index contributed by atoms with van der Waals surface area (Å²) < 4.78 is 1.88. The molecule has 1 aromatic carbocycles. The molecule has 102 valence electrons. The van der Waals surface area contributed by atoms with Gasteiger partial charge in [0.2, 0.25) is 0 Å². The van der Waals surface area contributed by atoms with Crippen molar-refractivity contribution in [3.63, 3.8) is 0 Å². The maximum atomic E-state index is 6.18. The molecule has 1 heterocycles. The van der Waals surface area contributed by atoms with Crippen molar-refractivity contribution in [2.75, 3.05) is 0 Å². The van der Waals surface area contributed by atoms with Gasteiger partial charge in [-0.05, 0) is 24.5 Å². The lowest BCUT2D eigenvalue weighted by Crippen LogP contribution is -2.31. The van der Waals surface area contributed by atoms with Crippen LogP contribution in [0.25, 0.3) is 0 Å². The standard InChI is InChI=1S/C13H18ClN5/c1-2-7-19-13(9-16-18-19)12(17-15)8-10-5-3-4-6-11(10)14/h3-6,9,12,17H,2,7-8,15H2,1H3. The molecule has 0 saturated heterocycles. The predicted octanol–water partition coefficient (Wildman–Crippen LogP) is 2.09. The molecule has 0 aliphatic heterocycles. The average Bonchev–Trinajstić information content (AvgIpc) is 2.86. The summed E-state index contributed by atoms with van der Waals surface area (Å²) in [4.78, 5) is 0. The Morgan fingerprint density at radius 2 is 2.21 bits per heavy atom. The van der Waals surface area contributed by atoms with Gasteiger partial charge >= 0.3 is 0 Å². The van der Waals surface area contributed by atoms with Crippen molar-refractivity contribution in [1.82, 2.24) is 20.4 Å². The van der Waals surface area contributed by atoms with Gasteiger partial charge in [-0.15, -0.1) is 5.10 Å². The fraction of sp³-hybridized carbons (Fsp3) is 0.385. The zero-order chi connectivity index (χ0) is 13.7. The number of nitrogens with two attached hydrogens (primary N) is 1. The molecule has 3 N–H and O–H groups in total. The van der Waals surface area contributed by atoms with Crippen LogP contribution in [0, 0.1) is 0 Å². The Morgan fingerprint density at radius 1 is 1.42 bits per heavy atom. The highest BCUT2D eigenvalue weighted by molar-refractivity contribution is 6.31. The van der Waals surface area contributed by atoms with Crippen molar-refractivity contribution < 1.29 is 0 Å². The van der Waals surface area contributed by atoms with Gasteiger partial charge in [0, 0.05) is 11.6 Å². The van der Waals surface area contributed by atoms with E-state index in [1.807, 2.05) is 28.9 Å². The normalized spacial score (nSPS) is 12.6. The van der Waals surface area contributed by atoms with Crippen molar-refractivity contribution in [3.05, 3.63) is 46.7 Å². The van der Waals surface area contributed by atoms with E-state index in [4.69, 9.17) is 17.4 Å². The first kappa shape index (κ1) is 14.0. The molecule has 1 aromatic heterocycles. The van der Waals surface area contributed by atoms with Crippen molar-refractivity contribution in [1.29, 1.82) is 0 Å². The summed E-state index contributed by atoms with van der Waals surface area (Å²) in [6.07, 6.45) is 3.45. The Kier molecular flexibility index (Phi) is 4.90. The summed E-state index contributed by atoms with van der Waals surface area (Å²) >= 11 is 6.18. The first-order valence-corrected chi connectivity index (χ1v) is 6.72. The van der Waals surface area contributed by atoms with Crippen LogP contribution in [0.5, 0.6) is 0 Å². The van der Waals surface area contributed by atoms with E-state index in [2.05, 4.69) is 22.7 Å². The van der Waals surface area contributed by atoms with E-state index in [1.165, 1.54) is 0 Å². The molecule has 1 atom stereocenters. The van der Waals surface area contributed by atoms with E-state index in [0.29, 0.717) is 6.42 Å². The molecular formula is C13H18ClN5. The van der Waals surface area contributed by atoms with Gasteiger partial charge in [0.15, 0.2) is 0 Å². The maximum absolute atomic E-state index is 6.18. The molecule has 0 bridgehead atoms. The minimum Gasteiger partial charge on any atom is -0.271 e. The second-order valence-electron chi connectivity index (χ2n) is 4.40. The number of benzene rings is 1. The van der Waals surface area contributed by atoms with E-state index in [-0.39, 0.29) is 6.04 Å². The first-order chi connectivity index (χ1) is 9.26. The van der Waals surface area contributed by atoms with Crippen LogP contribution in [0.4, 0.5) is 0 Å². The van der Waals surface area contributed by atoms with Crippen molar-refractivity contribution in [2.24, 2.45) is 5.84 Å². The second-order valence-corrected chi connectivity index (χ2v) is 4.80. The Bertz CT molecular complexity index is 525. The molecule has 2 rings (SSSR count). The van der Waals surface area contributed by atoms with Gasteiger partial charge in [0.1, 0.15) is 0 Å². The maximum Gasteiger partial charge on any atom is 0.0773 e. The first-order valence-electron chi connectivity index (χ1n) is 6.34. The molecule has 0 aliphatic carbocycles. The smallest absolute Gasteiger partial charge is 0.0773 e.